The van der Waals surface area contributed by atoms with Crippen LogP contribution in [-0.4, -0.2) is 19.2 Å². The maximum Gasteiger partial charge on any atom is 1.00 e. The minimum Gasteiger partial charge on any atom is -0.547 e. The summed E-state index contributed by atoms with van der Waals surface area (Å²) in [6.45, 7) is 0. The second kappa shape index (κ2) is 5.43. The Kier molecular flexibility index (Phi) is 4.76. The number of benzene rings is 1. The van der Waals surface area contributed by atoms with E-state index in [-0.39, 0.29) is 57.5 Å². The van der Waals surface area contributed by atoms with Crippen LogP contribution in [0.3, 0.4) is 0 Å². The van der Waals surface area contributed by atoms with Gasteiger partial charge in [-0.15, -0.1) is 0 Å². The molecule has 4 nitrogen and oxygen atoms in total. The van der Waals surface area contributed by atoms with Gasteiger partial charge in [0, 0.05) is 0 Å². The van der Waals surface area contributed by atoms with E-state index in [1.807, 2.05) is 0 Å². The van der Waals surface area contributed by atoms with Crippen molar-refractivity contribution >= 4 is 5.97 Å². The van der Waals surface area contributed by atoms with Crippen LogP contribution in [0.1, 0.15) is 11.7 Å². The average molecular weight is 232 g/mol. The molecule has 0 N–H and O–H groups in total. The maximum atomic E-state index is 10.4. The number of hydrogen-bond donors (Lipinski definition) is 0. The summed E-state index contributed by atoms with van der Waals surface area (Å²) in [7, 11) is 1.58. The molecule has 2 rings (SSSR count). The molecule has 1 aromatic rings. The molecule has 1 aromatic carbocycles. The number of epoxide rings is 1. The van der Waals surface area contributed by atoms with Crippen molar-refractivity contribution in [3.63, 3.8) is 0 Å². The van der Waals surface area contributed by atoms with E-state index >= 15 is 0 Å². The van der Waals surface area contributed by atoms with Crippen LogP contribution in [0, 0.1) is 0 Å². The Bertz CT molecular complexity index is 349. The number of aliphatic carboxylic acids is 1. The van der Waals surface area contributed by atoms with Crippen molar-refractivity contribution in [2.24, 2.45) is 0 Å². The minimum absolute atomic E-state index is 0. The van der Waals surface area contributed by atoms with Gasteiger partial charge < -0.3 is 19.4 Å². The summed E-state index contributed by atoms with van der Waals surface area (Å²) < 4.78 is 9.91. The third-order valence-corrected chi connectivity index (χ3v) is 2.17. The molecule has 1 aliphatic rings. The van der Waals surface area contributed by atoms with Crippen LogP contribution >= 0.6 is 0 Å². The number of carboxylic acids is 1. The Morgan fingerprint density at radius 3 is 2.40 bits per heavy atom. The van der Waals surface area contributed by atoms with E-state index in [0.717, 1.165) is 11.3 Å². The number of ether oxygens (including phenoxy) is 2. The molecule has 0 bridgehead atoms. The van der Waals surface area contributed by atoms with Crippen molar-refractivity contribution in [2.75, 3.05) is 7.11 Å². The summed E-state index contributed by atoms with van der Waals surface area (Å²) in [5, 5.41) is 10.4. The van der Waals surface area contributed by atoms with Crippen molar-refractivity contribution < 1.29 is 70.8 Å². The van der Waals surface area contributed by atoms with Crippen LogP contribution in [0.4, 0.5) is 0 Å². The molecule has 5 heteroatoms. The number of methoxy groups -OCH3 is 1. The normalized spacial score (nSPS) is 22.7. The first-order valence-electron chi connectivity index (χ1n) is 4.22. The molecular formula is C10H9KO4. The molecule has 1 fully saturated rings. The van der Waals surface area contributed by atoms with Gasteiger partial charge >= 0.3 is 51.4 Å². The molecular weight excluding hydrogens is 223 g/mol. The number of carbonyl (C=O) groups excluding carboxylic acids is 1. The third-order valence-electron chi connectivity index (χ3n) is 2.17. The first-order valence-corrected chi connectivity index (χ1v) is 4.22. The molecule has 1 aliphatic heterocycles. The predicted octanol–water partition coefficient (Wildman–Crippen LogP) is -3.11. The molecule has 15 heavy (non-hydrogen) atoms. The van der Waals surface area contributed by atoms with E-state index < -0.39 is 12.1 Å². The second-order valence-electron chi connectivity index (χ2n) is 3.07. The molecule has 0 aliphatic carbocycles. The van der Waals surface area contributed by atoms with E-state index in [1.54, 1.807) is 31.4 Å². The van der Waals surface area contributed by atoms with Gasteiger partial charge in [0.1, 0.15) is 18.0 Å². The van der Waals surface area contributed by atoms with E-state index in [1.165, 1.54) is 0 Å². The number of carboxylic acid groups (broad SMARTS) is 1. The topological polar surface area (TPSA) is 61.9 Å². The Balaban J connectivity index is 0.00000112. The molecule has 0 unspecified atom stereocenters. The standard InChI is InChI=1S/C10H10O4.K/c1-13-7-4-2-6(3-5-7)8-9(14-8)10(11)12;/h2-5,8-9H,1H3,(H,11,12);/q;+1/p-1/t8-,9+;/m0./s1. The van der Waals surface area contributed by atoms with Crippen molar-refractivity contribution in [1.29, 1.82) is 0 Å². The molecule has 74 valence electrons. The maximum absolute atomic E-state index is 10.4. The van der Waals surface area contributed by atoms with Gasteiger partial charge in [-0.05, 0) is 17.7 Å². The van der Waals surface area contributed by atoms with E-state index in [2.05, 4.69) is 0 Å². The quantitative estimate of drug-likeness (QED) is 0.409. The molecule has 0 radical (unpaired) electrons. The van der Waals surface area contributed by atoms with E-state index in [0.29, 0.717) is 0 Å². The number of carbonyl (C=O) groups is 1. The second-order valence-corrected chi connectivity index (χ2v) is 3.07. The molecule has 1 saturated heterocycles. The largest absolute Gasteiger partial charge is 1.00 e. The van der Waals surface area contributed by atoms with Gasteiger partial charge in [-0.1, -0.05) is 12.1 Å². The average Bonchev–Trinajstić information content (AvgIpc) is 2.97. The van der Waals surface area contributed by atoms with E-state index in [4.69, 9.17) is 9.47 Å². The summed E-state index contributed by atoms with van der Waals surface area (Å²) in [6.07, 6.45) is -1.14. The van der Waals surface area contributed by atoms with Crippen molar-refractivity contribution in [2.45, 2.75) is 12.2 Å². The van der Waals surface area contributed by atoms with Crippen LogP contribution in [0.15, 0.2) is 24.3 Å². The van der Waals surface area contributed by atoms with Crippen molar-refractivity contribution in [1.82, 2.24) is 0 Å². The van der Waals surface area contributed by atoms with Crippen LogP contribution in [0.2, 0.25) is 0 Å². The fraction of sp³-hybridized carbons (Fsp3) is 0.300. The Labute approximate surface area is 130 Å². The fourth-order valence-electron chi connectivity index (χ4n) is 1.34. The zero-order valence-corrected chi connectivity index (χ0v) is 11.7. The zero-order chi connectivity index (χ0) is 10.1. The van der Waals surface area contributed by atoms with Gasteiger partial charge in [-0.2, -0.15) is 0 Å². The summed E-state index contributed by atoms with van der Waals surface area (Å²) in [5.74, 6) is -0.426. The van der Waals surface area contributed by atoms with Crippen LogP contribution in [0.25, 0.3) is 0 Å². The van der Waals surface area contributed by atoms with Crippen LogP contribution < -0.4 is 61.2 Å². The zero-order valence-electron chi connectivity index (χ0n) is 8.60. The molecule has 0 aromatic heterocycles. The Morgan fingerprint density at radius 2 is 2.00 bits per heavy atom. The first kappa shape index (κ1) is 13.2. The first-order chi connectivity index (χ1) is 6.72. The van der Waals surface area contributed by atoms with Gasteiger partial charge in [-0.25, -0.2) is 0 Å². The van der Waals surface area contributed by atoms with E-state index in [9.17, 15) is 9.90 Å². The fourth-order valence-corrected chi connectivity index (χ4v) is 1.34. The molecule has 0 spiro atoms. The van der Waals surface area contributed by atoms with Gasteiger partial charge in [-0.3, -0.25) is 0 Å². The smallest absolute Gasteiger partial charge is 0.547 e. The van der Waals surface area contributed by atoms with Crippen molar-refractivity contribution in [3.05, 3.63) is 29.8 Å². The van der Waals surface area contributed by atoms with Gasteiger partial charge in [0.25, 0.3) is 0 Å². The third kappa shape index (κ3) is 3.02. The molecule has 0 amide bonds. The van der Waals surface area contributed by atoms with Crippen LogP contribution in [-0.2, 0) is 9.53 Å². The number of rotatable bonds is 3. The summed E-state index contributed by atoms with van der Waals surface area (Å²) in [4.78, 5) is 10.4. The Morgan fingerprint density at radius 1 is 1.40 bits per heavy atom. The monoisotopic (exact) mass is 232 g/mol. The predicted molar refractivity (Wildman–Crippen MR) is 45.6 cm³/mol. The minimum atomic E-state index is -1.16. The summed E-state index contributed by atoms with van der Waals surface area (Å²) in [5.41, 5.74) is 0.833. The summed E-state index contributed by atoms with van der Waals surface area (Å²) in [6, 6.07) is 7.10. The number of hydrogen-bond acceptors (Lipinski definition) is 4. The molecule has 1 heterocycles. The summed E-state index contributed by atoms with van der Waals surface area (Å²) >= 11 is 0. The van der Waals surface area contributed by atoms with Crippen molar-refractivity contribution in [3.8, 4) is 5.75 Å². The van der Waals surface area contributed by atoms with Gasteiger partial charge in [0.2, 0.25) is 0 Å². The van der Waals surface area contributed by atoms with Gasteiger partial charge in [0.15, 0.2) is 0 Å². The SMILES string of the molecule is COc1ccc([C@@H]2O[C@H]2C(=O)[O-])cc1.[K+]. The molecule has 2 atom stereocenters. The Hall–Kier alpha value is 0.0864. The molecule has 0 saturated carbocycles. The van der Waals surface area contributed by atoms with Crippen LogP contribution in [0.5, 0.6) is 5.75 Å². The van der Waals surface area contributed by atoms with Gasteiger partial charge in [0.05, 0.1) is 13.1 Å².